The second kappa shape index (κ2) is 10.3. The lowest BCUT2D eigenvalue weighted by Gasteiger charge is -2.35. The molecule has 0 N–H and O–H groups in total. The zero-order valence-corrected chi connectivity index (χ0v) is 20.3. The molecule has 1 amide bonds. The summed E-state index contributed by atoms with van der Waals surface area (Å²) >= 11 is 0. The van der Waals surface area contributed by atoms with E-state index in [0.717, 1.165) is 30.4 Å². The molecule has 2 heterocycles. The minimum absolute atomic E-state index is 0.133. The Balaban J connectivity index is 1.46. The maximum Gasteiger partial charge on any atom is 0.270 e. The minimum atomic E-state index is -0.488. The molecule has 0 aliphatic carbocycles. The third kappa shape index (κ3) is 5.11. The Morgan fingerprint density at radius 3 is 2.70 bits per heavy atom. The van der Waals surface area contributed by atoms with E-state index >= 15 is 0 Å². The second-order valence-electron chi connectivity index (χ2n) is 9.17. The van der Waals surface area contributed by atoms with E-state index in [9.17, 15) is 19.3 Å². The molecular formula is C28H25FN4O4. The first-order valence-corrected chi connectivity index (χ1v) is 12.1. The number of aryl methyl sites for hydroxylation is 1. The third-order valence-corrected chi connectivity index (χ3v) is 6.72. The van der Waals surface area contributed by atoms with Gasteiger partial charge in [0.2, 0.25) is 11.8 Å². The van der Waals surface area contributed by atoms with Gasteiger partial charge in [-0.15, -0.1) is 10.2 Å². The van der Waals surface area contributed by atoms with Crippen molar-refractivity contribution in [1.29, 1.82) is 0 Å². The van der Waals surface area contributed by atoms with Crippen molar-refractivity contribution < 1.29 is 18.5 Å². The number of likely N-dealkylation sites (tertiary alicyclic amines) is 1. The number of piperidine rings is 1. The number of nitro groups is 1. The van der Waals surface area contributed by atoms with Crippen LogP contribution in [0.5, 0.6) is 0 Å². The van der Waals surface area contributed by atoms with Crippen molar-refractivity contribution in [2.24, 2.45) is 0 Å². The van der Waals surface area contributed by atoms with Crippen LogP contribution in [0.15, 0.2) is 71.1 Å². The predicted octanol–water partition coefficient (Wildman–Crippen LogP) is 6.00. The van der Waals surface area contributed by atoms with Crippen molar-refractivity contribution in [3.05, 3.63) is 99.7 Å². The summed E-state index contributed by atoms with van der Waals surface area (Å²) in [7, 11) is 0. The van der Waals surface area contributed by atoms with E-state index in [0.29, 0.717) is 35.5 Å². The average molecular weight is 501 g/mol. The van der Waals surface area contributed by atoms with Gasteiger partial charge in [-0.3, -0.25) is 14.9 Å². The Morgan fingerprint density at radius 2 is 1.92 bits per heavy atom. The fraction of sp³-hybridized carbons (Fsp3) is 0.250. The number of carbonyl (C=O) groups is 1. The Labute approximate surface area is 212 Å². The van der Waals surface area contributed by atoms with Crippen LogP contribution in [0.25, 0.3) is 22.6 Å². The van der Waals surface area contributed by atoms with E-state index in [1.807, 2.05) is 31.2 Å². The number of hydrogen-bond donors (Lipinski definition) is 0. The van der Waals surface area contributed by atoms with Gasteiger partial charge in [-0.25, -0.2) is 4.39 Å². The summed E-state index contributed by atoms with van der Waals surface area (Å²) in [4.78, 5) is 26.8. The van der Waals surface area contributed by atoms with Crippen LogP contribution >= 0.6 is 0 Å². The smallest absolute Gasteiger partial charge is 0.270 e. The van der Waals surface area contributed by atoms with Crippen LogP contribution in [0, 0.1) is 22.9 Å². The summed E-state index contributed by atoms with van der Waals surface area (Å²) in [6, 6.07) is 17.8. The molecule has 9 heteroatoms. The number of halogens is 1. The van der Waals surface area contributed by atoms with Gasteiger partial charge >= 0.3 is 0 Å². The van der Waals surface area contributed by atoms with Crippen molar-refractivity contribution in [3.63, 3.8) is 0 Å². The fourth-order valence-corrected chi connectivity index (χ4v) is 4.84. The van der Waals surface area contributed by atoms with E-state index in [-0.39, 0.29) is 23.5 Å². The van der Waals surface area contributed by atoms with Crippen molar-refractivity contribution in [3.8, 4) is 22.6 Å². The first-order chi connectivity index (χ1) is 17.9. The third-order valence-electron chi connectivity index (χ3n) is 6.72. The highest BCUT2D eigenvalue weighted by atomic mass is 19.1. The summed E-state index contributed by atoms with van der Waals surface area (Å²) < 4.78 is 19.4. The number of carbonyl (C=O) groups excluding carboxylic acids is 1. The topological polar surface area (TPSA) is 102 Å². The van der Waals surface area contributed by atoms with Gasteiger partial charge in [0.25, 0.3) is 11.6 Å². The predicted molar refractivity (Wildman–Crippen MR) is 135 cm³/mol. The number of benzene rings is 3. The highest BCUT2D eigenvalue weighted by Gasteiger charge is 2.31. The van der Waals surface area contributed by atoms with Gasteiger partial charge in [0.05, 0.1) is 10.5 Å². The summed E-state index contributed by atoms with van der Waals surface area (Å²) in [5.74, 6) is -0.106. The molecule has 1 aromatic heterocycles. The van der Waals surface area contributed by atoms with Crippen LogP contribution < -0.4 is 0 Å². The van der Waals surface area contributed by atoms with Crippen LogP contribution in [-0.2, 0) is 6.42 Å². The lowest BCUT2D eigenvalue weighted by atomic mass is 9.93. The molecule has 0 spiro atoms. The monoisotopic (exact) mass is 500 g/mol. The normalized spacial score (nSPS) is 15.5. The molecule has 5 rings (SSSR count). The Bertz CT molecular complexity index is 1470. The van der Waals surface area contributed by atoms with E-state index in [4.69, 9.17) is 4.42 Å². The van der Waals surface area contributed by atoms with Crippen LogP contribution in [0.1, 0.15) is 41.1 Å². The Kier molecular flexibility index (Phi) is 6.76. The van der Waals surface area contributed by atoms with Gasteiger partial charge in [-0.05, 0) is 67.1 Å². The van der Waals surface area contributed by atoms with E-state index in [2.05, 4.69) is 10.2 Å². The molecule has 1 saturated heterocycles. The van der Waals surface area contributed by atoms with Crippen LogP contribution in [0.4, 0.5) is 10.1 Å². The van der Waals surface area contributed by atoms with Gasteiger partial charge in [-0.1, -0.05) is 30.3 Å². The Morgan fingerprint density at radius 1 is 1.08 bits per heavy atom. The quantitative estimate of drug-likeness (QED) is 0.238. The van der Waals surface area contributed by atoms with Gasteiger partial charge in [0.15, 0.2) is 0 Å². The molecule has 1 aliphatic heterocycles. The molecule has 1 unspecified atom stereocenters. The van der Waals surface area contributed by atoms with E-state index in [1.165, 1.54) is 24.3 Å². The zero-order chi connectivity index (χ0) is 25.9. The first-order valence-electron chi connectivity index (χ1n) is 12.1. The number of rotatable bonds is 6. The highest BCUT2D eigenvalue weighted by Crippen LogP contribution is 2.33. The summed E-state index contributed by atoms with van der Waals surface area (Å²) in [5, 5.41) is 19.7. The number of hydrogen-bond acceptors (Lipinski definition) is 6. The number of amides is 1. The molecule has 1 aliphatic rings. The largest absolute Gasteiger partial charge is 0.421 e. The molecule has 1 atom stereocenters. The van der Waals surface area contributed by atoms with Crippen LogP contribution in [-0.4, -0.2) is 38.5 Å². The molecule has 1 fully saturated rings. The number of aromatic nitrogens is 2. The van der Waals surface area contributed by atoms with Crippen molar-refractivity contribution in [1.82, 2.24) is 15.1 Å². The van der Waals surface area contributed by atoms with Crippen LogP contribution in [0.2, 0.25) is 0 Å². The summed E-state index contributed by atoms with van der Waals surface area (Å²) in [6.45, 7) is 2.46. The maximum atomic E-state index is 13.9. The van der Waals surface area contributed by atoms with Gasteiger partial charge in [0.1, 0.15) is 5.82 Å². The molecule has 4 aromatic rings. The van der Waals surface area contributed by atoms with Crippen molar-refractivity contribution in [2.45, 2.75) is 38.6 Å². The molecule has 8 nitrogen and oxygen atoms in total. The molecule has 188 valence electrons. The average Bonchev–Trinajstić information content (AvgIpc) is 3.37. The van der Waals surface area contributed by atoms with Crippen LogP contribution in [0.3, 0.4) is 0 Å². The molecular weight excluding hydrogens is 475 g/mol. The lowest BCUT2D eigenvalue weighted by molar-refractivity contribution is -0.384. The van der Waals surface area contributed by atoms with Gasteiger partial charge < -0.3 is 9.32 Å². The second-order valence-corrected chi connectivity index (χ2v) is 9.17. The van der Waals surface area contributed by atoms with Gasteiger partial charge in [0, 0.05) is 36.7 Å². The minimum Gasteiger partial charge on any atom is -0.421 e. The molecule has 3 aromatic carbocycles. The lowest BCUT2D eigenvalue weighted by Crippen LogP contribution is -2.45. The van der Waals surface area contributed by atoms with E-state index < -0.39 is 10.7 Å². The standard InChI is InChI=1S/C28H25FN4O4/c1-18-7-2-3-11-23(18)24-13-12-22(33(35)36)16-25(24)28(34)32-14-5-4-10-21(32)17-26-30-31-27(37-26)19-8-6-9-20(29)15-19/h2-3,6-9,11-13,15-16,21H,4-5,10,14,17H2,1H3. The summed E-state index contributed by atoms with van der Waals surface area (Å²) in [6.07, 6.45) is 2.83. The van der Waals surface area contributed by atoms with Gasteiger partial charge in [-0.2, -0.15) is 0 Å². The number of non-ortho nitro benzene ring substituents is 1. The highest BCUT2D eigenvalue weighted by molar-refractivity contribution is 6.02. The first kappa shape index (κ1) is 24.3. The summed E-state index contributed by atoms with van der Waals surface area (Å²) in [5.41, 5.74) is 3.12. The SMILES string of the molecule is Cc1ccccc1-c1ccc([N+](=O)[O-])cc1C(=O)N1CCCCC1Cc1nnc(-c2cccc(F)c2)o1. The molecule has 0 radical (unpaired) electrons. The Hall–Kier alpha value is -4.40. The van der Waals surface area contributed by atoms with E-state index in [1.54, 1.807) is 23.1 Å². The maximum absolute atomic E-state index is 13.9. The molecule has 0 bridgehead atoms. The van der Waals surface area contributed by atoms with Crippen molar-refractivity contribution in [2.75, 3.05) is 6.54 Å². The molecule has 37 heavy (non-hydrogen) atoms. The zero-order valence-electron chi connectivity index (χ0n) is 20.3. The number of nitro benzene ring substituents is 1. The molecule has 0 saturated carbocycles. The van der Waals surface area contributed by atoms with Crippen molar-refractivity contribution >= 4 is 11.6 Å². The fourth-order valence-electron chi connectivity index (χ4n) is 4.84. The number of nitrogens with zero attached hydrogens (tertiary/aromatic N) is 4.